The number of esters is 1. The van der Waals surface area contributed by atoms with Crippen molar-refractivity contribution in [2.75, 3.05) is 6.79 Å². The molecule has 8 nitrogen and oxygen atoms in total. The first-order chi connectivity index (χ1) is 11.1. The number of fused-ring (bicyclic) bond motifs is 1. The van der Waals surface area contributed by atoms with Crippen LogP contribution in [0.4, 0.5) is 5.69 Å². The quantitative estimate of drug-likeness (QED) is 0.480. The Labute approximate surface area is 134 Å². The molecule has 0 saturated carbocycles. The molecule has 1 aliphatic rings. The predicted octanol–water partition coefficient (Wildman–Crippen LogP) is 2.58. The van der Waals surface area contributed by atoms with Crippen LogP contribution in [0.15, 0.2) is 17.6 Å². The fourth-order valence-corrected chi connectivity index (χ4v) is 2.89. The van der Waals surface area contributed by atoms with Gasteiger partial charge < -0.3 is 14.2 Å². The van der Waals surface area contributed by atoms with Crippen LogP contribution in [0.2, 0.25) is 0 Å². The third-order valence-corrected chi connectivity index (χ3v) is 4.18. The van der Waals surface area contributed by atoms with Gasteiger partial charge in [-0.1, -0.05) is 0 Å². The molecule has 9 heteroatoms. The molecule has 2 aromatic rings. The van der Waals surface area contributed by atoms with Crippen molar-refractivity contribution in [1.82, 2.24) is 4.98 Å². The average Bonchev–Trinajstić information content (AvgIpc) is 2.98. The number of ether oxygens (including phenoxy) is 3. The summed E-state index contributed by atoms with van der Waals surface area (Å²) < 4.78 is 15.8. The molecular weight excluding hydrogens is 324 g/mol. The number of hydrogen-bond acceptors (Lipinski definition) is 8. The second kappa shape index (κ2) is 6.31. The molecule has 2 heterocycles. The number of hydrogen-bond donors (Lipinski definition) is 0. The van der Waals surface area contributed by atoms with Crippen LogP contribution in [0.1, 0.15) is 26.5 Å². The molecule has 3 rings (SSSR count). The summed E-state index contributed by atoms with van der Waals surface area (Å²) in [6.45, 7) is 1.86. The Morgan fingerprint density at radius 3 is 3.04 bits per heavy atom. The van der Waals surface area contributed by atoms with Crippen LogP contribution in [0.25, 0.3) is 0 Å². The Bertz CT molecular complexity index is 773. The molecule has 0 amide bonds. The molecule has 120 valence electrons. The smallest absolute Gasteiger partial charge is 0.350 e. The van der Waals surface area contributed by atoms with Gasteiger partial charge in [0.25, 0.3) is 5.69 Å². The Morgan fingerprint density at radius 2 is 2.35 bits per heavy atom. The third kappa shape index (κ3) is 3.15. The number of aromatic nitrogens is 1. The van der Waals surface area contributed by atoms with E-state index in [0.29, 0.717) is 27.4 Å². The third-order valence-electron chi connectivity index (χ3n) is 3.27. The van der Waals surface area contributed by atoms with Crippen LogP contribution >= 0.6 is 11.3 Å². The van der Waals surface area contributed by atoms with E-state index in [4.69, 9.17) is 14.2 Å². The summed E-state index contributed by atoms with van der Waals surface area (Å²) >= 11 is 1.18. The van der Waals surface area contributed by atoms with Crippen LogP contribution in [0.3, 0.4) is 0 Å². The molecule has 23 heavy (non-hydrogen) atoms. The minimum atomic E-state index is -0.516. The number of aryl methyl sites for hydroxylation is 1. The van der Waals surface area contributed by atoms with E-state index in [2.05, 4.69) is 4.98 Å². The lowest BCUT2D eigenvalue weighted by Crippen LogP contribution is -2.15. The Kier molecular flexibility index (Phi) is 4.22. The highest BCUT2D eigenvalue weighted by Gasteiger charge is 2.22. The van der Waals surface area contributed by atoms with E-state index in [1.54, 1.807) is 12.4 Å². The van der Waals surface area contributed by atoms with Gasteiger partial charge in [0, 0.05) is 23.3 Å². The first kappa shape index (κ1) is 15.4. The Morgan fingerprint density at radius 1 is 1.52 bits per heavy atom. The minimum Gasteiger partial charge on any atom is -0.467 e. The minimum absolute atomic E-state index is 0.0553. The number of carbonyl (C=O) groups is 1. The Hall–Kier alpha value is -2.52. The molecule has 0 aliphatic carbocycles. The summed E-state index contributed by atoms with van der Waals surface area (Å²) in [4.78, 5) is 26.9. The topological polar surface area (TPSA) is 101 Å². The second-order valence-corrected chi connectivity index (χ2v) is 5.66. The lowest BCUT2D eigenvalue weighted by Gasteiger charge is -2.20. The zero-order valence-electron chi connectivity index (χ0n) is 12.1. The maximum absolute atomic E-state index is 12.0. The molecule has 0 N–H and O–H groups in total. The molecule has 1 aromatic heterocycles. The van der Waals surface area contributed by atoms with Gasteiger partial charge in [-0.15, -0.1) is 11.3 Å². The molecule has 0 saturated heterocycles. The van der Waals surface area contributed by atoms with Gasteiger partial charge in [0.1, 0.15) is 17.2 Å². The SMILES string of the molecule is Cc1ncsc1C(=O)OCc1cc([N+](=O)[O-])cc2c1OCOC2. The van der Waals surface area contributed by atoms with Crippen molar-refractivity contribution in [2.24, 2.45) is 0 Å². The summed E-state index contributed by atoms with van der Waals surface area (Å²) in [7, 11) is 0. The van der Waals surface area contributed by atoms with Gasteiger partial charge in [0.05, 0.1) is 22.7 Å². The molecule has 0 bridgehead atoms. The normalized spacial score (nSPS) is 13.1. The maximum Gasteiger partial charge on any atom is 0.350 e. The fraction of sp³-hybridized carbons (Fsp3) is 0.286. The monoisotopic (exact) mass is 336 g/mol. The van der Waals surface area contributed by atoms with Crippen LogP contribution in [0, 0.1) is 17.0 Å². The summed E-state index contributed by atoms with van der Waals surface area (Å²) in [6, 6.07) is 2.74. The van der Waals surface area contributed by atoms with Crippen molar-refractivity contribution < 1.29 is 23.9 Å². The number of benzene rings is 1. The predicted molar refractivity (Wildman–Crippen MR) is 79.4 cm³/mol. The summed E-state index contributed by atoms with van der Waals surface area (Å²) in [5, 5.41) is 11.0. The van der Waals surface area contributed by atoms with Gasteiger partial charge in [-0.05, 0) is 6.92 Å². The van der Waals surface area contributed by atoms with Gasteiger partial charge >= 0.3 is 5.97 Å². The molecule has 1 aliphatic heterocycles. The average molecular weight is 336 g/mol. The van der Waals surface area contributed by atoms with E-state index in [1.807, 2.05) is 0 Å². The lowest BCUT2D eigenvalue weighted by molar-refractivity contribution is -0.385. The van der Waals surface area contributed by atoms with Crippen LogP contribution in [-0.2, 0) is 22.7 Å². The molecule has 0 atom stereocenters. The number of nitro benzene ring substituents is 1. The van der Waals surface area contributed by atoms with E-state index >= 15 is 0 Å². The van der Waals surface area contributed by atoms with Gasteiger partial charge in [-0.2, -0.15) is 0 Å². The molecule has 1 aromatic carbocycles. The van der Waals surface area contributed by atoms with Crippen molar-refractivity contribution in [1.29, 1.82) is 0 Å². The second-order valence-electron chi connectivity index (χ2n) is 4.80. The van der Waals surface area contributed by atoms with E-state index in [1.165, 1.54) is 23.5 Å². The van der Waals surface area contributed by atoms with E-state index < -0.39 is 10.9 Å². The number of nitrogens with zero attached hydrogens (tertiary/aromatic N) is 2. The Balaban J connectivity index is 1.84. The van der Waals surface area contributed by atoms with Gasteiger partial charge in [0.2, 0.25) is 0 Å². The van der Waals surface area contributed by atoms with Crippen molar-refractivity contribution in [3.8, 4) is 5.75 Å². The maximum atomic E-state index is 12.0. The van der Waals surface area contributed by atoms with E-state index in [-0.39, 0.29) is 25.7 Å². The molecule has 0 unspecified atom stereocenters. The van der Waals surface area contributed by atoms with Crippen LogP contribution < -0.4 is 4.74 Å². The van der Waals surface area contributed by atoms with E-state index in [9.17, 15) is 14.9 Å². The number of thiazole rings is 1. The van der Waals surface area contributed by atoms with Crippen LogP contribution in [0.5, 0.6) is 5.75 Å². The largest absolute Gasteiger partial charge is 0.467 e. The highest BCUT2D eigenvalue weighted by molar-refractivity contribution is 7.11. The molecule has 0 radical (unpaired) electrons. The number of non-ortho nitro benzene ring substituents is 1. The van der Waals surface area contributed by atoms with Gasteiger partial charge in [0.15, 0.2) is 6.79 Å². The van der Waals surface area contributed by atoms with Crippen molar-refractivity contribution >= 4 is 23.0 Å². The van der Waals surface area contributed by atoms with Crippen molar-refractivity contribution in [3.05, 3.63) is 49.5 Å². The first-order valence-electron chi connectivity index (χ1n) is 6.64. The lowest BCUT2D eigenvalue weighted by atomic mass is 10.1. The fourth-order valence-electron chi connectivity index (χ4n) is 2.20. The standard InChI is InChI=1S/C14H12N2O6S/c1-8-13(23-6-15-8)14(17)21-5-10-3-11(16(18)19)2-9-4-20-7-22-12(9)10/h2-3,6H,4-5,7H2,1H3. The highest BCUT2D eigenvalue weighted by atomic mass is 32.1. The van der Waals surface area contributed by atoms with Crippen molar-refractivity contribution in [2.45, 2.75) is 20.1 Å². The van der Waals surface area contributed by atoms with E-state index in [0.717, 1.165) is 0 Å². The van der Waals surface area contributed by atoms with Crippen molar-refractivity contribution in [3.63, 3.8) is 0 Å². The van der Waals surface area contributed by atoms with Gasteiger partial charge in [-0.25, -0.2) is 9.78 Å². The molecule has 0 fully saturated rings. The van der Waals surface area contributed by atoms with Crippen LogP contribution in [-0.4, -0.2) is 22.7 Å². The van der Waals surface area contributed by atoms with Gasteiger partial charge in [-0.3, -0.25) is 10.1 Å². The molecular formula is C14H12N2O6S. The zero-order chi connectivity index (χ0) is 16.4. The highest BCUT2D eigenvalue weighted by Crippen LogP contribution is 2.33. The number of carbonyl (C=O) groups excluding carboxylic acids is 1. The summed E-state index contributed by atoms with van der Waals surface area (Å²) in [6.07, 6.45) is 0. The summed E-state index contributed by atoms with van der Waals surface area (Å²) in [5.74, 6) is -0.0482. The zero-order valence-corrected chi connectivity index (χ0v) is 12.9. The number of nitro groups is 1. The number of rotatable bonds is 4. The molecule has 0 spiro atoms. The summed E-state index contributed by atoms with van der Waals surface area (Å²) in [5.41, 5.74) is 3.05. The first-order valence-corrected chi connectivity index (χ1v) is 7.52.